The van der Waals surface area contributed by atoms with Crippen LogP contribution in [0.1, 0.15) is 108 Å². The van der Waals surface area contributed by atoms with Gasteiger partial charge in [-0.1, -0.05) is 64.7 Å². The molecule has 0 aliphatic heterocycles. The molecule has 0 bridgehead atoms. The van der Waals surface area contributed by atoms with E-state index in [2.05, 4.69) is 39.0 Å². The molecular formula is C26H43NO. The average Bonchev–Trinajstić information content (AvgIpc) is 3.08. The minimum absolute atomic E-state index is 0.117. The Bertz CT molecular complexity index is 637. The number of aryl methyl sites for hydroxylation is 1. The van der Waals surface area contributed by atoms with Gasteiger partial charge in [-0.05, 0) is 85.3 Å². The second kappa shape index (κ2) is 9.30. The van der Waals surface area contributed by atoms with Crippen LogP contribution in [-0.4, -0.2) is 17.3 Å². The van der Waals surface area contributed by atoms with Crippen molar-refractivity contribution in [2.24, 2.45) is 17.1 Å². The maximum atomic E-state index is 9.55. The monoisotopic (exact) mass is 385 g/mol. The number of aliphatic hydroxyl groups excluding tert-OH is 1. The van der Waals surface area contributed by atoms with E-state index in [-0.39, 0.29) is 12.1 Å². The van der Waals surface area contributed by atoms with Crippen LogP contribution in [-0.2, 0) is 12.8 Å². The van der Waals surface area contributed by atoms with E-state index in [1.807, 2.05) is 0 Å². The number of fused-ring (bicyclic) bond motifs is 1. The maximum absolute atomic E-state index is 9.55. The molecule has 2 aliphatic rings. The molecule has 0 spiro atoms. The summed E-state index contributed by atoms with van der Waals surface area (Å²) in [4.78, 5) is 0. The van der Waals surface area contributed by atoms with Gasteiger partial charge in [0.25, 0.3) is 0 Å². The van der Waals surface area contributed by atoms with E-state index in [9.17, 15) is 5.11 Å². The number of nitrogens with two attached hydrogens (primary N) is 1. The Morgan fingerprint density at radius 1 is 1.14 bits per heavy atom. The number of benzene rings is 1. The molecule has 2 aliphatic carbocycles. The predicted octanol–water partition coefficient (Wildman–Crippen LogP) is 6.14. The van der Waals surface area contributed by atoms with Crippen LogP contribution in [0.5, 0.6) is 0 Å². The van der Waals surface area contributed by atoms with Gasteiger partial charge < -0.3 is 10.8 Å². The fourth-order valence-corrected chi connectivity index (χ4v) is 5.77. The summed E-state index contributed by atoms with van der Waals surface area (Å²) in [5.74, 6) is 1.41. The number of hydrogen-bond donors (Lipinski definition) is 2. The van der Waals surface area contributed by atoms with E-state index in [1.54, 1.807) is 11.1 Å². The molecule has 2 heteroatoms. The van der Waals surface area contributed by atoms with Gasteiger partial charge in [-0.2, -0.15) is 0 Å². The minimum Gasteiger partial charge on any atom is -0.394 e. The molecule has 3 rings (SSSR count). The van der Waals surface area contributed by atoms with Crippen molar-refractivity contribution in [3.05, 3.63) is 34.9 Å². The van der Waals surface area contributed by atoms with Crippen LogP contribution in [0.25, 0.3) is 0 Å². The normalized spacial score (nSPS) is 27.8. The zero-order chi connectivity index (χ0) is 20.2. The van der Waals surface area contributed by atoms with E-state index < -0.39 is 0 Å². The lowest BCUT2D eigenvalue weighted by molar-refractivity contribution is 0.198. The fourth-order valence-electron chi connectivity index (χ4n) is 5.77. The van der Waals surface area contributed by atoms with Crippen molar-refractivity contribution in [2.45, 2.75) is 109 Å². The standard InChI is InChI=1S/C26H43NO/c1-4-13-25(2,3)14-6-5-7-20-8-9-22-17-23(11-10-21(22)16-20)24-12-15-26(27,18-24)19-28/h10-11,17,20,24,28H,4-9,12-16,18-19,27H2,1-3H3/t20-,24-,26+/m0/s1. The lowest BCUT2D eigenvalue weighted by atomic mass is 9.78. The number of hydrogen-bond acceptors (Lipinski definition) is 2. The molecule has 0 unspecified atom stereocenters. The summed E-state index contributed by atoms with van der Waals surface area (Å²) >= 11 is 0. The molecule has 1 aromatic carbocycles. The quantitative estimate of drug-likeness (QED) is 0.502. The summed E-state index contributed by atoms with van der Waals surface area (Å²) in [6.07, 6.45) is 15.1. The molecule has 1 saturated carbocycles. The van der Waals surface area contributed by atoms with Gasteiger partial charge >= 0.3 is 0 Å². The Labute approximate surface area is 173 Å². The third-order valence-electron chi connectivity index (χ3n) is 7.63. The predicted molar refractivity (Wildman–Crippen MR) is 120 cm³/mol. The van der Waals surface area contributed by atoms with Gasteiger partial charge in [0.1, 0.15) is 0 Å². The summed E-state index contributed by atoms with van der Waals surface area (Å²) in [5, 5.41) is 9.55. The van der Waals surface area contributed by atoms with Crippen molar-refractivity contribution in [3.63, 3.8) is 0 Å². The first kappa shape index (κ1) is 21.8. The van der Waals surface area contributed by atoms with E-state index >= 15 is 0 Å². The van der Waals surface area contributed by atoms with Crippen molar-refractivity contribution in [2.75, 3.05) is 6.61 Å². The molecule has 28 heavy (non-hydrogen) atoms. The summed E-state index contributed by atoms with van der Waals surface area (Å²) in [5.41, 5.74) is 11.1. The Morgan fingerprint density at radius 2 is 1.96 bits per heavy atom. The molecule has 1 fully saturated rings. The Hall–Kier alpha value is -0.860. The molecule has 0 heterocycles. The zero-order valence-electron chi connectivity index (χ0n) is 18.6. The Morgan fingerprint density at radius 3 is 2.68 bits per heavy atom. The summed E-state index contributed by atoms with van der Waals surface area (Å²) < 4.78 is 0. The van der Waals surface area contributed by atoms with Crippen LogP contribution >= 0.6 is 0 Å². The van der Waals surface area contributed by atoms with Gasteiger partial charge in [-0.3, -0.25) is 0 Å². The summed E-state index contributed by atoms with van der Waals surface area (Å²) in [7, 11) is 0. The second-order valence-corrected chi connectivity index (χ2v) is 10.8. The average molecular weight is 386 g/mol. The first-order chi connectivity index (χ1) is 13.3. The van der Waals surface area contributed by atoms with Crippen molar-refractivity contribution in [3.8, 4) is 0 Å². The Balaban J connectivity index is 1.48. The SMILES string of the molecule is CCCC(C)(C)CCCC[C@H]1CCc2cc([C@H]3CC[C@](N)(CO)C3)ccc2C1. The van der Waals surface area contributed by atoms with Gasteiger partial charge in [-0.25, -0.2) is 0 Å². The fraction of sp³-hybridized carbons (Fsp3) is 0.769. The zero-order valence-corrected chi connectivity index (χ0v) is 18.6. The highest BCUT2D eigenvalue weighted by atomic mass is 16.3. The number of aliphatic hydroxyl groups is 1. The summed E-state index contributed by atoms with van der Waals surface area (Å²) in [6.45, 7) is 7.29. The molecule has 0 saturated heterocycles. The summed E-state index contributed by atoms with van der Waals surface area (Å²) in [6, 6.07) is 7.21. The van der Waals surface area contributed by atoms with Crippen molar-refractivity contribution in [1.82, 2.24) is 0 Å². The largest absolute Gasteiger partial charge is 0.394 e. The molecule has 0 amide bonds. The smallest absolute Gasteiger partial charge is 0.0611 e. The van der Waals surface area contributed by atoms with Crippen LogP contribution in [0.15, 0.2) is 18.2 Å². The van der Waals surface area contributed by atoms with Crippen molar-refractivity contribution >= 4 is 0 Å². The van der Waals surface area contributed by atoms with Crippen molar-refractivity contribution in [1.29, 1.82) is 0 Å². The number of rotatable bonds is 9. The van der Waals surface area contributed by atoms with Crippen LogP contribution < -0.4 is 5.73 Å². The highest BCUT2D eigenvalue weighted by Crippen LogP contribution is 2.41. The second-order valence-electron chi connectivity index (χ2n) is 10.8. The first-order valence-corrected chi connectivity index (χ1v) is 11.9. The van der Waals surface area contributed by atoms with Gasteiger partial charge in [0.15, 0.2) is 0 Å². The van der Waals surface area contributed by atoms with Crippen molar-refractivity contribution < 1.29 is 5.11 Å². The molecule has 158 valence electrons. The van der Waals surface area contributed by atoms with E-state index in [4.69, 9.17) is 5.73 Å². The van der Waals surface area contributed by atoms with Crippen LogP contribution in [0, 0.1) is 11.3 Å². The third-order valence-corrected chi connectivity index (χ3v) is 7.63. The molecule has 3 atom stereocenters. The van der Waals surface area contributed by atoms with E-state index in [0.717, 1.165) is 25.2 Å². The van der Waals surface area contributed by atoms with Gasteiger partial charge in [0, 0.05) is 5.54 Å². The third kappa shape index (κ3) is 5.60. The van der Waals surface area contributed by atoms with E-state index in [0.29, 0.717) is 11.3 Å². The molecular weight excluding hydrogens is 342 g/mol. The van der Waals surface area contributed by atoms with E-state index in [1.165, 1.54) is 63.4 Å². The highest BCUT2D eigenvalue weighted by Gasteiger charge is 2.36. The minimum atomic E-state index is -0.350. The molecule has 2 nitrogen and oxygen atoms in total. The molecule has 0 radical (unpaired) electrons. The van der Waals surface area contributed by atoms with Gasteiger partial charge in [0.05, 0.1) is 6.61 Å². The number of unbranched alkanes of at least 4 members (excludes halogenated alkanes) is 1. The first-order valence-electron chi connectivity index (χ1n) is 11.9. The highest BCUT2D eigenvalue weighted by molar-refractivity contribution is 5.36. The lowest BCUT2D eigenvalue weighted by Gasteiger charge is -2.27. The topological polar surface area (TPSA) is 46.2 Å². The lowest BCUT2D eigenvalue weighted by Crippen LogP contribution is -2.40. The van der Waals surface area contributed by atoms with Crippen LogP contribution in [0.3, 0.4) is 0 Å². The molecule has 0 aromatic heterocycles. The van der Waals surface area contributed by atoms with Gasteiger partial charge in [-0.15, -0.1) is 0 Å². The van der Waals surface area contributed by atoms with Crippen LogP contribution in [0.4, 0.5) is 0 Å². The molecule has 3 N–H and O–H groups in total. The van der Waals surface area contributed by atoms with Gasteiger partial charge in [0.2, 0.25) is 0 Å². The molecule has 1 aromatic rings. The van der Waals surface area contributed by atoms with Crippen LogP contribution in [0.2, 0.25) is 0 Å². The maximum Gasteiger partial charge on any atom is 0.0611 e. The Kier molecular flexibility index (Phi) is 7.26.